The van der Waals surface area contributed by atoms with Crippen LogP contribution in [0.1, 0.15) is 6.92 Å². The van der Waals surface area contributed by atoms with E-state index in [1.807, 2.05) is 0 Å². The fraction of sp³-hybridized carbons (Fsp3) is 0.714. The van der Waals surface area contributed by atoms with Crippen molar-refractivity contribution in [1.82, 2.24) is 0 Å². The van der Waals surface area contributed by atoms with Gasteiger partial charge in [-0.15, -0.1) is 0 Å². The highest BCUT2D eigenvalue weighted by molar-refractivity contribution is 7.64. The lowest BCUT2D eigenvalue weighted by molar-refractivity contribution is -0.356. The van der Waals surface area contributed by atoms with Crippen molar-refractivity contribution in [2.24, 2.45) is 0 Å². The van der Waals surface area contributed by atoms with Gasteiger partial charge < -0.3 is 9.84 Å². The molecule has 0 atom stereocenters. The second-order valence-electron chi connectivity index (χ2n) is 1.97. The Kier molecular flexibility index (Phi) is 5.99. The molecule has 0 aliphatic carbocycles. The maximum atomic E-state index is 11.0. The van der Waals surface area contributed by atoms with Crippen LogP contribution in [0.2, 0.25) is 0 Å². The van der Waals surface area contributed by atoms with E-state index in [0.29, 0.717) is 6.61 Å². The number of hydrogen-bond donors (Lipinski definition) is 0. The van der Waals surface area contributed by atoms with Gasteiger partial charge in [-0.05, 0) is 6.61 Å². The minimum Gasteiger partial charge on any atom is -0.611 e. The average Bonchev–Trinajstić information content (AvgIpc) is 2.15. The molecule has 0 aromatic carbocycles. The molecule has 0 aromatic rings. The van der Waals surface area contributed by atoms with Crippen LogP contribution in [0.25, 0.3) is 0 Å². The third kappa shape index (κ3) is 3.91. The summed E-state index contributed by atoms with van der Waals surface area (Å²) < 4.78 is 19.6. The van der Waals surface area contributed by atoms with Crippen molar-refractivity contribution in [3.8, 4) is 0 Å². The fourth-order valence-electron chi connectivity index (χ4n) is 0.690. The molecule has 0 amide bonds. The molecule has 0 unspecified atom stereocenters. The van der Waals surface area contributed by atoms with Crippen LogP contribution in [0.15, 0.2) is 11.8 Å². The van der Waals surface area contributed by atoms with Gasteiger partial charge in [0.25, 0.3) is 0 Å². The SMILES string of the molecule is CCO/C([O-])=C/[P+](OC)(OC)OC. The molecule has 0 rings (SSSR count). The summed E-state index contributed by atoms with van der Waals surface area (Å²) in [7, 11) is 1.62. The van der Waals surface area contributed by atoms with Gasteiger partial charge in [-0.3, -0.25) is 0 Å². The van der Waals surface area contributed by atoms with Gasteiger partial charge in [-0.25, -0.2) is 0 Å². The molecule has 5 nitrogen and oxygen atoms in total. The van der Waals surface area contributed by atoms with Crippen LogP contribution in [0.5, 0.6) is 0 Å². The summed E-state index contributed by atoms with van der Waals surface area (Å²) in [6.07, 6.45) is 0. The molecular weight excluding hydrogens is 195 g/mol. The van der Waals surface area contributed by atoms with E-state index in [0.717, 1.165) is 0 Å². The lowest BCUT2D eigenvalue weighted by Gasteiger charge is -2.16. The van der Waals surface area contributed by atoms with E-state index >= 15 is 0 Å². The molecule has 0 spiro atoms. The van der Waals surface area contributed by atoms with Gasteiger partial charge in [0.15, 0.2) is 5.82 Å². The summed E-state index contributed by atoms with van der Waals surface area (Å²) in [6.45, 7) is 2.03. The Bertz CT molecular complexity index is 158. The standard InChI is InChI=1S/C7H15O5P/c1-5-12-7(8)6-13(9-2,10-3)11-4/h6H,5H2,1-4H3/b7-6+. The molecule has 0 fully saturated rings. The maximum absolute atomic E-state index is 11.0. The zero-order valence-corrected chi connectivity index (χ0v) is 9.17. The zero-order valence-electron chi connectivity index (χ0n) is 8.27. The molecule has 0 saturated heterocycles. The Morgan fingerprint density at radius 1 is 1.23 bits per heavy atom. The van der Waals surface area contributed by atoms with Crippen LogP contribution in [0, 0.1) is 0 Å². The molecule has 78 valence electrons. The van der Waals surface area contributed by atoms with Crippen molar-refractivity contribution in [3.63, 3.8) is 0 Å². The van der Waals surface area contributed by atoms with Gasteiger partial charge in [0.2, 0.25) is 0 Å². The minimum absolute atomic E-state index is 0.312. The van der Waals surface area contributed by atoms with E-state index in [-0.39, 0.29) is 0 Å². The number of rotatable bonds is 6. The summed E-state index contributed by atoms with van der Waals surface area (Å²) in [5.41, 5.74) is 0. The summed E-state index contributed by atoms with van der Waals surface area (Å²) in [4.78, 5) is 0. The largest absolute Gasteiger partial charge is 0.611 e. The summed E-state index contributed by atoms with van der Waals surface area (Å²) in [5, 5.41) is 11.0. The highest BCUT2D eigenvalue weighted by atomic mass is 31.2. The maximum Gasteiger partial charge on any atom is 0.442 e. The molecule has 0 bridgehead atoms. The Hall–Kier alpha value is -0.350. The first-order valence-corrected chi connectivity index (χ1v) is 5.34. The van der Waals surface area contributed by atoms with E-state index in [4.69, 9.17) is 18.3 Å². The quantitative estimate of drug-likeness (QED) is 0.481. The topological polar surface area (TPSA) is 60.0 Å². The number of hydrogen-bond acceptors (Lipinski definition) is 5. The predicted molar refractivity (Wildman–Crippen MR) is 47.7 cm³/mol. The monoisotopic (exact) mass is 210 g/mol. The third-order valence-electron chi connectivity index (χ3n) is 1.31. The van der Waals surface area contributed by atoms with Crippen LogP contribution in [0.3, 0.4) is 0 Å². The van der Waals surface area contributed by atoms with Crippen LogP contribution in [-0.4, -0.2) is 27.9 Å². The first-order chi connectivity index (χ1) is 6.14. The Balaban J connectivity index is 4.46. The third-order valence-corrected chi connectivity index (χ3v) is 3.37. The zero-order chi connectivity index (χ0) is 10.3. The van der Waals surface area contributed by atoms with Crippen molar-refractivity contribution in [2.45, 2.75) is 6.92 Å². The lowest BCUT2D eigenvalue weighted by Crippen LogP contribution is -2.10. The first-order valence-electron chi connectivity index (χ1n) is 3.72. The number of ether oxygens (including phenoxy) is 1. The van der Waals surface area contributed by atoms with Crippen LogP contribution in [0.4, 0.5) is 0 Å². The molecule has 0 saturated carbocycles. The van der Waals surface area contributed by atoms with E-state index in [9.17, 15) is 5.11 Å². The van der Waals surface area contributed by atoms with Crippen molar-refractivity contribution in [1.29, 1.82) is 0 Å². The second-order valence-corrected chi connectivity index (χ2v) is 4.40. The molecule has 0 aliphatic rings. The molecule has 0 aliphatic heterocycles. The molecule has 0 heterocycles. The van der Waals surface area contributed by atoms with E-state index in [1.165, 1.54) is 27.1 Å². The predicted octanol–water partition coefficient (Wildman–Crippen LogP) is 0.884. The van der Waals surface area contributed by atoms with Crippen molar-refractivity contribution in [3.05, 3.63) is 11.8 Å². The van der Waals surface area contributed by atoms with Crippen molar-refractivity contribution < 1.29 is 23.4 Å². The van der Waals surface area contributed by atoms with Gasteiger partial charge in [-0.1, -0.05) is 6.92 Å². The van der Waals surface area contributed by atoms with Gasteiger partial charge in [0.05, 0.1) is 27.3 Å². The highest BCUT2D eigenvalue weighted by Crippen LogP contribution is 2.62. The molecular formula is C7H15O5P. The molecule has 0 radical (unpaired) electrons. The average molecular weight is 210 g/mol. The Morgan fingerprint density at radius 3 is 2.00 bits per heavy atom. The van der Waals surface area contributed by atoms with Gasteiger partial charge in [-0.2, -0.15) is 13.6 Å². The normalized spacial score (nSPS) is 13.1. The summed E-state index contributed by atoms with van der Waals surface area (Å²) in [6, 6.07) is 0. The second kappa shape index (κ2) is 6.16. The Labute approximate surface area is 78.8 Å². The highest BCUT2D eigenvalue weighted by Gasteiger charge is 2.39. The van der Waals surface area contributed by atoms with Gasteiger partial charge in [0, 0.05) is 0 Å². The molecule has 13 heavy (non-hydrogen) atoms. The van der Waals surface area contributed by atoms with Crippen LogP contribution in [-0.2, 0) is 18.3 Å². The first kappa shape index (κ1) is 12.7. The fourth-order valence-corrected chi connectivity index (χ4v) is 1.79. The van der Waals surface area contributed by atoms with Gasteiger partial charge >= 0.3 is 7.94 Å². The summed E-state index contributed by atoms with van der Waals surface area (Å²) in [5.74, 6) is 0.692. The van der Waals surface area contributed by atoms with Gasteiger partial charge in [0.1, 0.15) is 0 Å². The molecule has 0 N–H and O–H groups in total. The molecule has 0 aromatic heterocycles. The van der Waals surface area contributed by atoms with E-state index in [1.54, 1.807) is 6.92 Å². The van der Waals surface area contributed by atoms with Crippen molar-refractivity contribution in [2.75, 3.05) is 27.9 Å². The van der Waals surface area contributed by atoms with Crippen LogP contribution >= 0.6 is 7.94 Å². The molecule has 6 heteroatoms. The summed E-state index contributed by atoms with van der Waals surface area (Å²) >= 11 is 0. The van der Waals surface area contributed by atoms with E-state index in [2.05, 4.69) is 0 Å². The van der Waals surface area contributed by atoms with Crippen LogP contribution < -0.4 is 5.11 Å². The minimum atomic E-state index is -2.62. The Morgan fingerprint density at radius 2 is 1.69 bits per heavy atom. The van der Waals surface area contributed by atoms with Crippen molar-refractivity contribution >= 4 is 7.94 Å². The smallest absolute Gasteiger partial charge is 0.442 e. The lowest BCUT2D eigenvalue weighted by atomic mass is 10.8. The van der Waals surface area contributed by atoms with E-state index < -0.39 is 13.9 Å².